The van der Waals surface area contributed by atoms with Gasteiger partial charge in [-0.3, -0.25) is 10.1 Å². The minimum Gasteiger partial charge on any atom is -0.477 e. The fraction of sp³-hybridized carbons (Fsp3) is 0.500. The number of β-amino-alcohol motifs (C(OH)–C–C–N with tert-alkyl or cyclic N) is 1. The number of piperidine rings is 1. The van der Waals surface area contributed by atoms with Gasteiger partial charge in [0, 0.05) is 19.2 Å². The minimum atomic E-state index is -1.37. The molecule has 8 heteroatoms. The van der Waals surface area contributed by atoms with Crippen molar-refractivity contribution in [3.63, 3.8) is 0 Å². The number of carboxylic acid groups (broad SMARTS) is 1. The van der Waals surface area contributed by atoms with E-state index in [0.717, 1.165) is 12.6 Å². The predicted octanol–water partition coefficient (Wildman–Crippen LogP) is 1.04. The van der Waals surface area contributed by atoms with E-state index in [1.807, 2.05) is 0 Å². The lowest BCUT2D eigenvalue weighted by Crippen LogP contribution is -2.46. The van der Waals surface area contributed by atoms with Crippen LogP contribution >= 0.6 is 0 Å². The Balaban J connectivity index is 2.36. The van der Waals surface area contributed by atoms with Gasteiger partial charge < -0.3 is 15.1 Å². The number of aliphatic hydroxyl groups is 1. The molecule has 1 saturated heterocycles. The number of rotatable bonds is 3. The first-order chi connectivity index (χ1) is 9.30. The smallest absolute Gasteiger partial charge is 0.342 e. The van der Waals surface area contributed by atoms with Gasteiger partial charge in [0.05, 0.1) is 10.5 Å². The van der Waals surface area contributed by atoms with Gasteiger partial charge >= 0.3 is 11.7 Å². The number of aromatic nitrogens is 1. The largest absolute Gasteiger partial charge is 0.477 e. The van der Waals surface area contributed by atoms with Crippen molar-refractivity contribution in [2.75, 3.05) is 18.0 Å². The molecule has 1 fully saturated rings. The molecule has 1 atom stereocenters. The Morgan fingerprint density at radius 2 is 2.30 bits per heavy atom. The molecule has 0 bridgehead atoms. The van der Waals surface area contributed by atoms with Crippen molar-refractivity contribution in [3.8, 4) is 0 Å². The van der Waals surface area contributed by atoms with Gasteiger partial charge in [-0.25, -0.2) is 9.78 Å². The van der Waals surface area contributed by atoms with E-state index < -0.39 is 27.7 Å². The van der Waals surface area contributed by atoms with Crippen LogP contribution < -0.4 is 4.90 Å². The lowest BCUT2D eigenvalue weighted by atomic mass is 9.95. The Hall–Kier alpha value is -2.22. The first-order valence-electron chi connectivity index (χ1n) is 6.15. The fourth-order valence-corrected chi connectivity index (χ4v) is 2.34. The highest BCUT2D eigenvalue weighted by molar-refractivity contribution is 5.93. The zero-order valence-electron chi connectivity index (χ0n) is 10.9. The normalized spacial score (nSPS) is 22.6. The van der Waals surface area contributed by atoms with Gasteiger partial charge in [0.1, 0.15) is 17.6 Å². The van der Waals surface area contributed by atoms with E-state index in [1.54, 1.807) is 11.8 Å². The van der Waals surface area contributed by atoms with Crippen LogP contribution in [-0.4, -0.2) is 44.8 Å². The van der Waals surface area contributed by atoms with E-state index in [-0.39, 0.29) is 0 Å². The highest BCUT2D eigenvalue weighted by Gasteiger charge is 2.30. The summed E-state index contributed by atoms with van der Waals surface area (Å²) in [5.41, 5.74) is -1.80. The van der Waals surface area contributed by atoms with Crippen LogP contribution in [0.1, 0.15) is 30.1 Å². The zero-order chi connectivity index (χ0) is 14.9. The number of nitrogens with zero attached hydrogens (tertiary/aromatic N) is 3. The Kier molecular flexibility index (Phi) is 3.58. The van der Waals surface area contributed by atoms with E-state index in [1.165, 1.54) is 6.07 Å². The fourth-order valence-electron chi connectivity index (χ4n) is 2.34. The highest BCUT2D eigenvalue weighted by Crippen LogP contribution is 2.27. The molecule has 1 unspecified atom stereocenters. The van der Waals surface area contributed by atoms with Crippen LogP contribution in [-0.2, 0) is 0 Å². The van der Waals surface area contributed by atoms with Crippen LogP contribution in [0.2, 0.25) is 0 Å². The third kappa shape index (κ3) is 2.85. The van der Waals surface area contributed by atoms with E-state index in [9.17, 15) is 20.0 Å². The highest BCUT2D eigenvalue weighted by atomic mass is 16.6. The molecule has 0 aromatic carbocycles. The summed E-state index contributed by atoms with van der Waals surface area (Å²) in [6.45, 7) is 2.64. The quantitative estimate of drug-likeness (QED) is 0.627. The van der Waals surface area contributed by atoms with Gasteiger partial charge in [-0.05, 0) is 19.8 Å². The van der Waals surface area contributed by atoms with Gasteiger partial charge in [-0.15, -0.1) is 0 Å². The van der Waals surface area contributed by atoms with Gasteiger partial charge in [0.25, 0.3) is 0 Å². The molecule has 1 aliphatic heterocycles. The van der Waals surface area contributed by atoms with Crippen molar-refractivity contribution in [1.29, 1.82) is 0 Å². The topological polar surface area (TPSA) is 117 Å². The van der Waals surface area contributed by atoms with Gasteiger partial charge in [0.2, 0.25) is 0 Å². The van der Waals surface area contributed by atoms with Crippen LogP contribution in [0, 0.1) is 10.1 Å². The van der Waals surface area contributed by atoms with Crippen LogP contribution in [0.3, 0.4) is 0 Å². The third-order valence-electron chi connectivity index (χ3n) is 3.29. The zero-order valence-corrected chi connectivity index (χ0v) is 10.9. The number of carboxylic acids is 1. The first kappa shape index (κ1) is 14.2. The number of aromatic carboxylic acids is 1. The van der Waals surface area contributed by atoms with Crippen molar-refractivity contribution in [1.82, 2.24) is 4.98 Å². The van der Waals surface area contributed by atoms with Gasteiger partial charge in [-0.2, -0.15) is 0 Å². The number of anilines is 1. The average molecular weight is 281 g/mol. The predicted molar refractivity (Wildman–Crippen MR) is 69.9 cm³/mol. The lowest BCUT2D eigenvalue weighted by Gasteiger charge is -2.37. The second-order valence-corrected chi connectivity index (χ2v) is 5.14. The molecule has 1 aliphatic rings. The number of nitro groups is 1. The summed E-state index contributed by atoms with van der Waals surface area (Å²) in [7, 11) is 0. The maximum atomic E-state index is 11.1. The van der Waals surface area contributed by atoms with Crippen molar-refractivity contribution in [3.05, 3.63) is 27.9 Å². The molecule has 0 spiro atoms. The summed E-state index contributed by atoms with van der Waals surface area (Å²) >= 11 is 0. The summed E-state index contributed by atoms with van der Waals surface area (Å²) < 4.78 is 0. The molecule has 0 amide bonds. The third-order valence-corrected chi connectivity index (χ3v) is 3.29. The maximum absolute atomic E-state index is 11.1. The molecular weight excluding hydrogens is 266 g/mol. The Bertz CT molecular complexity index is 558. The monoisotopic (exact) mass is 281 g/mol. The summed E-state index contributed by atoms with van der Waals surface area (Å²) in [6, 6.07) is 1.18. The van der Waals surface area contributed by atoms with Crippen molar-refractivity contribution < 1.29 is 19.9 Å². The summed E-state index contributed by atoms with van der Waals surface area (Å²) in [5.74, 6) is -1.04. The number of carbonyl (C=O) groups is 1. The molecule has 0 radical (unpaired) electrons. The number of pyridine rings is 1. The van der Waals surface area contributed by atoms with Crippen LogP contribution in [0.15, 0.2) is 12.3 Å². The van der Waals surface area contributed by atoms with Crippen LogP contribution in [0.25, 0.3) is 0 Å². The summed E-state index contributed by atoms with van der Waals surface area (Å²) in [6.07, 6.45) is 2.35. The second kappa shape index (κ2) is 5.04. The van der Waals surface area contributed by atoms with E-state index in [2.05, 4.69) is 4.98 Å². The average Bonchev–Trinajstić information content (AvgIpc) is 2.36. The van der Waals surface area contributed by atoms with E-state index in [4.69, 9.17) is 5.11 Å². The molecule has 0 saturated carbocycles. The Morgan fingerprint density at radius 3 is 2.85 bits per heavy atom. The van der Waals surface area contributed by atoms with E-state index >= 15 is 0 Å². The molecule has 1 aromatic heterocycles. The standard InChI is InChI=1S/C12H15N3O5/c1-12(18)3-2-4-14(7-12)10-5-8(11(16)17)9(6-13-10)15(19)20/h5-6,18H,2-4,7H2,1H3,(H,16,17). The Labute approximate surface area is 114 Å². The molecule has 20 heavy (non-hydrogen) atoms. The van der Waals surface area contributed by atoms with Crippen molar-refractivity contribution >= 4 is 17.5 Å². The molecule has 2 heterocycles. The molecule has 108 valence electrons. The molecule has 2 N–H and O–H groups in total. The minimum absolute atomic E-state index is 0.316. The molecular formula is C12H15N3O5. The molecule has 2 rings (SSSR count). The van der Waals surface area contributed by atoms with Crippen LogP contribution in [0.5, 0.6) is 0 Å². The van der Waals surface area contributed by atoms with Crippen molar-refractivity contribution in [2.24, 2.45) is 0 Å². The molecule has 1 aromatic rings. The molecule has 8 nitrogen and oxygen atoms in total. The Morgan fingerprint density at radius 1 is 1.60 bits per heavy atom. The van der Waals surface area contributed by atoms with Gasteiger partial charge in [0.15, 0.2) is 0 Å². The van der Waals surface area contributed by atoms with Gasteiger partial charge in [-0.1, -0.05) is 0 Å². The number of hydrogen-bond acceptors (Lipinski definition) is 6. The van der Waals surface area contributed by atoms with Crippen LogP contribution in [0.4, 0.5) is 11.5 Å². The molecule has 0 aliphatic carbocycles. The SMILES string of the molecule is CC1(O)CCCN(c2cc(C(=O)O)c([N+](=O)[O-])cn2)C1. The first-order valence-corrected chi connectivity index (χ1v) is 6.15. The van der Waals surface area contributed by atoms with Crippen molar-refractivity contribution in [2.45, 2.75) is 25.4 Å². The van der Waals surface area contributed by atoms with E-state index in [0.29, 0.717) is 25.3 Å². The maximum Gasteiger partial charge on any atom is 0.342 e. The summed E-state index contributed by atoms with van der Waals surface area (Å²) in [4.78, 5) is 26.8. The number of hydrogen-bond donors (Lipinski definition) is 2. The summed E-state index contributed by atoms with van der Waals surface area (Å²) in [5, 5.41) is 29.8. The second-order valence-electron chi connectivity index (χ2n) is 5.14. The lowest BCUT2D eigenvalue weighted by molar-refractivity contribution is -0.385.